The van der Waals surface area contributed by atoms with Crippen LogP contribution in [0.25, 0.3) is 0 Å². The number of rotatable bonds is 8. The summed E-state index contributed by atoms with van der Waals surface area (Å²) in [6, 6.07) is 9.23. The molecule has 2 nitrogen and oxygen atoms in total. The third-order valence-corrected chi connectivity index (χ3v) is 11.3. The van der Waals surface area contributed by atoms with E-state index in [1.807, 2.05) is 44.2 Å². The highest BCUT2D eigenvalue weighted by atomic mass is 33.1. The highest BCUT2D eigenvalue weighted by Gasteiger charge is 2.23. The Hall–Kier alpha value is -0.180. The van der Waals surface area contributed by atoms with Crippen molar-refractivity contribution in [3.05, 3.63) is 35.9 Å². The van der Waals surface area contributed by atoms with Crippen LogP contribution in [0, 0.1) is 0 Å². The summed E-state index contributed by atoms with van der Waals surface area (Å²) < 4.78 is 12.5. The third-order valence-electron chi connectivity index (χ3n) is 2.36. The van der Waals surface area contributed by atoms with Crippen molar-refractivity contribution in [1.29, 1.82) is 0 Å². The van der Waals surface area contributed by atoms with Crippen LogP contribution in [0.4, 0.5) is 0 Å². The lowest BCUT2D eigenvalue weighted by molar-refractivity contribution is 0.0989. The molecule has 0 amide bonds. The molecule has 0 fully saturated rings. The van der Waals surface area contributed by atoms with Gasteiger partial charge in [0.05, 0.1) is 0 Å². The van der Waals surface area contributed by atoms with E-state index in [1.54, 1.807) is 0 Å². The van der Waals surface area contributed by atoms with E-state index >= 15 is 0 Å². The molecule has 1 aromatic rings. The standard InChI is InChI=1S/C13H19O2PS2/c1-3-17-16(15,18-4-2)11-10-13(14)12-8-6-5-7-9-12/h5-9H,3-4,10-11H2,1-2H3. The smallest absolute Gasteiger partial charge is 0.191 e. The van der Waals surface area contributed by atoms with Crippen molar-refractivity contribution in [3.8, 4) is 0 Å². The normalized spacial score (nSPS) is 11.4. The molecule has 0 saturated heterocycles. The van der Waals surface area contributed by atoms with Gasteiger partial charge in [-0.25, -0.2) is 0 Å². The van der Waals surface area contributed by atoms with Gasteiger partial charge in [-0.15, -0.1) is 0 Å². The van der Waals surface area contributed by atoms with Gasteiger partial charge in [-0.2, -0.15) is 0 Å². The maximum absolute atomic E-state index is 12.5. The van der Waals surface area contributed by atoms with Crippen LogP contribution in [0.3, 0.4) is 0 Å². The molecule has 1 rings (SSSR count). The summed E-state index contributed by atoms with van der Waals surface area (Å²) in [5.41, 5.74) is -1.57. The van der Waals surface area contributed by atoms with Gasteiger partial charge < -0.3 is 4.57 Å². The lowest BCUT2D eigenvalue weighted by Gasteiger charge is -2.14. The van der Waals surface area contributed by atoms with Gasteiger partial charge in [-0.3, -0.25) is 4.79 Å². The second-order valence-corrected chi connectivity index (χ2v) is 12.8. The monoisotopic (exact) mass is 302 g/mol. The van der Waals surface area contributed by atoms with Gasteiger partial charge in [0.1, 0.15) is 0 Å². The maximum Gasteiger partial charge on any atom is 0.191 e. The van der Waals surface area contributed by atoms with E-state index in [0.29, 0.717) is 18.1 Å². The van der Waals surface area contributed by atoms with Crippen molar-refractivity contribution in [2.75, 3.05) is 17.7 Å². The van der Waals surface area contributed by atoms with E-state index in [4.69, 9.17) is 0 Å². The molecule has 0 saturated carbocycles. The van der Waals surface area contributed by atoms with E-state index in [1.165, 1.54) is 22.8 Å². The van der Waals surface area contributed by atoms with Crippen molar-refractivity contribution in [2.45, 2.75) is 20.3 Å². The predicted molar refractivity (Wildman–Crippen MR) is 84.1 cm³/mol. The highest BCUT2D eigenvalue weighted by molar-refractivity contribution is 8.90. The molecule has 0 aliphatic carbocycles. The maximum atomic E-state index is 12.5. The molecular weight excluding hydrogens is 283 g/mol. The SMILES string of the molecule is CCSP(=O)(CCC(=O)c1ccccc1)SCC. The summed E-state index contributed by atoms with van der Waals surface area (Å²) in [6.07, 6.45) is 0.874. The Morgan fingerprint density at radius 2 is 1.67 bits per heavy atom. The summed E-state index contributed by atoms with van der Waals surface area (Å²) in [4.78, 5) is 12.0. The largest absolute Gasteiger partial charge is 0.300 e. The van der Waals surface area contributed by atoms with Gasteiger partial charge in [0.15, 0.2) is 11.3 Å². The first-order valence-corrected chi connectivity index (χ1v) is 11.1. The second kappa shape index (κ2) is 8.08. The molecule has 18 heavy (non-hydrogen) atoms. The summed E-state index contributed by atoms with van der Waals surface area (Å²) in [5.74, 6) is 1.76. The molecule has 0 atom stereocenters. The van der Waals surface area contributed by atoms with Gasteiger partial charge in [-0.1, -0.05) is 66.9 Å². The van der Waals surface area contributed by atoms with E-state index < -0.39 is 5.55 Å². The number of hydrogen-bond donors (Lipinski definition) is 0. The Kier molecular flexibility index (Phi) is 7.13. The van der Waals surface area contributed by atoms with Crippen LogP contribution in [-0.2, 0) is 4.57 Å². The van der Waals surface area contributed by atoms with E-state index in [2.05, 4.69) is 0 Å². The summed E-state index contributed by atoms with van der Waals surface area (Å²) in [6.45, 7) is 4.01. The molecule has 0 heterocycles. The van der Waals surface area contributed by atoms with Crippen LogP contribution < -0.4 is 0 Å². The summed E-state index contributed by atoms with van der Waals surface area (Å²) >= 11 is 3.01. The Balaban J connectivity index is 2.58. The molecule has 0 bridgehead atoms. The third kappa shape index (κ3) is 5.21. The van der Waals surface area contributed by atoms with Gasteiger partial charge >= 0.3 is 0 Å². The van der Waals surface area contributed by atoms with Crippen molar-refractivity contribution in [2.24, 2.45) is 0 Å². The first-order valence-electron chi connectivity index (χ1n) is 6.07. The van der Waals surface area contributed by atoms with Crippen molar-refractivity contribution in [1.82, 2.24) is 0 Å². The molecule has 0 N–H and O–H groups in total. The van der Waals surface area contributed by atoms with E-state index in [-0.39, 0.29) is 5.78 Å². The van der Waals surface area contributed by atoms with Gasteiger partial charge in [0.25, 0.3) is 0 Å². The minimum Gasteiger partial charge on any atom is -0.300 e. The molecule has 0 unspecified atom stereocenters. The average molecular weight is 302 g/mol. The number of ketones is 1. The zero-order chi connectivity index (χ0) is 13.4. The van der Waals surface area contributed by atoms with E-state index in [9.17, 15) is 9.36 Å². The lowest BCUT2D eigenvalue weighted by atomic mass is 10.1. The molecule has 5 heteroatoms. The lowest BCUT2D eigenvalue weighted by Crippen LogP contribution is -2.01. The van der Waals surface area contributed by atoms with Crippen LogP contribution >= 0.6 is 28.3 Å². The number of hydrogen-bond acceptors (Lipinski definition) is 4. The first kappa shape index (κ1) is 15.9. The fourth-order valence-electron chi connectivity index (χ4n) is 1.57. The first-order chi connectivity index (χ1) is 8.61. The van der Waals surface area contributed by atoms with Crippen molar-refractivity contribution >= 4 is 34.1 Å². The van der Waals surface area contributed by atoms with Crippen molar-refractivity contribution < 1.29 is 9.36 Å². The number of carbonyl (C=O) groups excluding carboxylic acids is 1. The van der Waals surface area contributed by atoms with Gasteiger partial charge in [-0.05, 0) is 11.5 Å². The molecule has 100 valence electrons. The Labute approximate surface area is 117 Å². The van der Waals surface area contributed by atoms with Crippen LogP contribution in [0.2, 0.25) is 0 Å². The molecule has 0 aromatic heterocycles. The van der Waals surface area contributed by atoms with Crippen molar-refractivity contribution in [3.63, 3.8) is 0 Å². The fraction of sp³-hybridized carbons (Fsp3) is 0.462. The van der Waals surface area contributed by atoms with Gasteiger partial charge in [0.2, 0.25) is 0 Å². The minimum absolute atomic E-state index is 0.0873. The molecule has 0 spiro atoms. The number of carbonyl (C=O) groups is 1. The minimum atomic E-state index is -2.28. The highest BCUT2D eigenvalue weighted by Crippen LogP contribution is 2.69. The average Bonchev–Trinajstić information content (AvgIpc) is 2.38. The Morgan fingerprint density at radius 1 is 1.11 bits per heavy atom. The predicted octanol–water partition coefficient (Wildman–Crippen LogP) is 4.96. The molecule has 0 aliphatic heterocycles. The molecule has 1 aromatic carbocycles. The number of benzene rings is 1. The van der Waals surface area contributed by atoms with Crippen LogP contribution in [0.15, 0.2) is 30.3 Å². The second-order valence-electron chi connectivity index (χ2n) is 3.71. The number of Topliss-reactive ketones (excluding diaryl/α,β-unsaturated/α-hetero) is 1. The van der Waals surface area contributed by atoms with Crippen LogP contribution in [-0.4, -0.2) is 23.5 Å². The topological polar surface area (TPSA) is 34.1 Å². The zero-order valence-electron chi connectivity index (χ0n) is 10.8. The quantitative estimate of drug-likeness (QED) is 0.502. The Morgan fingerprint density at radius 3 is 2.17 bits per heavy atom. The molecule has 0 radical (unpaired) electrons. The zero-order valence-corrected chi connectivity index (χ0v) is 13.3. The van der Waals surface area contributed by atoms with E-state index in [0.717, 1.165) is 11.5 Å². The summed E-state index contributed by atoms with van der Waals surface area (Å²) in [7, 11) is 0. The fourth-order valence-corrected chi connectivity index (χ4v) is 9.64. The van der Waals surface area contributed by atoms with Gasteiger partial charge in [0, 0.05) is 18.1 Å². The molecule has 0 aliphatic rings. The van der Waals surface area contributed by atoms with Crippen LogP contribution in [0.5, 0.6) is 0 Å². The summed E-state index contributed by atoms with van der Waals surface area (Å²) in [5, 5.41) is 0. The molecular formula is C13H19O2PS2. The Bertz CT molecular complexity index is 410. The van der Waals surface area contributed by atoms with Crippen LogP contribution in [0.1, 0.15) is 30.6 Å².